The Bertz CT molecular complexity index is 496. The van der Waals surface area contributed by atoms with Gasteiger partial charge in [0.05, 0.1) is 18.2 Å². The Morgan fingerprint density at radius 2 is 1.76 bits per heavy atom. The van der Waals surface area contributed by atoms with Gasteiger partial charge in [-0.15, -0.1) is 0 Å². The van der Waals surface area contributed by atoms with Crippen LogP contribution >= 0.6 is 0 Å². The maximum Gasteiger partial charge on any atom is 0.410 e. The van der Waals surface area contributed by atoms with Crippen LogP contribution < -0.4 is 5.32 Å². The van der Waals surface area contributed by atoms with Crippen LogP contribution in [0.5, 0.6) is 0 Å². The molecule has 25 heavy (non-hydrogen) atoms. The van der Waals surface area contributed by atoms with E-state index in [1.807, 2.05) is 25.7 Å². The van der Waals surface area contributed by atoms with Crippen LogP contribution in [0.3, 0.4) is 0 Å². The van der Waals surface area contributed by atoms with Crippen LogP contribution in [0.2, 0.25) is 18.1 Å². The molecular formula is C19H38N2O3Si. The number of nitrogens with zero attached hydrogens (tertiary/aromatic N) is 1. The lowest BCUT2D eigenvalue weighted by atomic mass is 10.0. The molecule has 4 atom stereocenters. The van der Waals surface area contributed by atoms with Gasteiger partial charge in [-0.25, -0.2) is 4.79 Å². The topological polar surface area (TPSA) is 50.8 Å². The van der Waals surface area contributed by atoms with E-state index >= 15 is 0 Å². The smallest absolute Gasteiger partial charge is 0.410 e. The van der Waals surface area contributed by atoms with Gasteiger partial charge >= 0.3 is 6.09 Å². The lowest BCUT2D eigenvalue weighted by Crippen LogP contribution is -2.64. The first-order valence-electron chi connectivity index (χ1n) is 9.65. The molecule has 2 aliphatic rings. The predicted molar refractivity (Wildman–Crippen MR) is 104 cm³/mol. The zero-order valence-electron chi connectivity index (χ0n) is 17.6. The summed E-state index contributed by atoms with van der Waals surface area (Å²) in [6.07, 6.45) is 1.97. The van der Waals surface area contributed by atoms with Crippen molar-refractivity contribution in [1.82, 2.24) is 10.2 Å². The number of carbonyl (C=O) groups excluding carboxylic acids is 1. The summed E-state index contributed by atoms with van der Waals surface area (Å²) >= 11 is 0. The van der Waals surface area contributed by atoms with Gasteiger partial charge in [-0.05, 0) is 58.7 Å². The Labute approximate surface area is 154 Å². The Morgan fingerprint density at radius 3 is 2.28 bits per heavy atom. The molecule has 2 saturated heterocycles. The molecule has 1 N–H and O–H groups in total. The van der Waals surface area contributed by atoms with Crippen LogP contribution in [0, 0.1) is 0 Å². The van der Waals surface area contributed by atoms with Crippen LogP contribution in [0.4, 0.5) is 4.79 Å². The van der Waals surface area contributed by atoms with Gasteiger partial charge in [0.25, 0.3) is 0 Å². The van der Waals surface area contributed by atoms with Crippen LogP contribution in [0.15, 0.2) is 0 Å². The van der Waals surface area contributed by atoms with Crippen molar-refractivity contribution in [1.29, 1.82) is 0 Å². The van der Waals surface area contributed by atoms with Crippen molar-refractivity contribution in [2.75, 3.05) is 6.54 Å². The normalized spacial score (nSPS) is 28.8. The first kappa shape index (κ1) is 20.7. The van der Waals surface area contributed by atoms with Gasteiger partial charge in [0, 0.05) is 12.6 Å². The number of nitrogens with one attached hydrogen (secondary N) is 1. The lowest BCUT2D eigenvalue weighted by molar-refractivity contribution is -0.00582. The quantitative estimate of drug-likeness (QED) is 0.759. The largest absolute Gasteiger partial charge is 0.444 e. The Kier molecular flexibility index (Phi) is 5.68. The Hall–Kier alpha value is -0.593. The van der Waals surface area contributed by atoms with Gasteiger partial charge in [-0.1, -0.05) is 20.8 Å². The molecule has 2 rings (SSSR count). The average molecular weight is 371 g/mol. The fourth-order valence-corrected chi connectivity index (χ4v) is 5.10. The summed E-state index contributed by atoms with van der Waals surface area (Å²) in [5.74, 6) is 0. The van der Waals surface area contributed by atoms with Gasteiger partial charge in [-0.3, -0.25) is 4.90 Å². The minimum absolute atomic E-state index is 0.0786. The third-order valence-corrected chi connectivity index (χ3v) is 10.5. The van der Waals surface area contributed by atoms with Gasteiger partial charge in [0.1, 0.15) is 5.60 Å². The van der Waals surface area contributed by atoms with Gasteiger partial charge in [-0.2, -0.15) is 0 Å². The summed E-state index contributed by atoms with van der Waals surface area (Å²) < 4.78 is 12.3. The third-order valence-electron chi connectivity index (χ3n) is 5.95. The summed E-state index contributed by atoms with van der Waals surface area (Å²) in [6.45, 7) is 20.1. The maximum atomic E-state index is 12.7. The van der Waals surface area contributed by atoms with Gasteiger partial charge < -0.3 is 14.5 Å². The minimum Gasteiger partial charge on any atom is -0.444 e. The van der Waals surface area contributed by atoms with E-state index in [-0.39, 0.29) is 35.4 Å². The number of piperazine rings is 1. The van der Waals surface area contributed by atoms with Crippen molar-refractivity contribution in [2.24, 2.45) is 0 Å². The summed E-state index contributed by atoms with van der Waals surface area (Å²) in [6, 6.07) is 0.574. The number of rotatable bonds is 3. The van der Waals surface area contributed by atoms with Crippen molar-refractivity contribution in [3.63, 3.8) is 0 Å². The van der Waals surface area contributed by atoms with Crippen LogP contribution in [0.1, 0.15) is 61.3 Å². The van der Waals surface area contributed by atoms with Crippen molar-refractivity contribution in [3.05, 3.63) is 0 Å². The Morgan fingerprint density at radius 1 is 1.16 bits per heavy atom. The van der Waals surface area contributed by atoms with E-state index < -0.39 is 13.9 Å². The number of carbonyl (C=O) groups is 1. The third kappa shape index (κ3) is 4.58. The first-order valence-corrected chi connectivity index (χ1v) is 12.6. The monoisotopic (exact) mass is 370 g/mol. The SMILES string of the molecule is C[C@H](O[Si](C)(C)C(C)(C)C)[C@H]1NC[C@@H]2CC[C@H]1N2C(=O)OC(C)(C)C. The number of hydrogen-bond acceptors (Lipinski definition) is 4. The first-order chi connectivity index (χ1) is 11.2. The molecule has 146 valence electrons. The highest BCUT2D eigenvalue weighted by molar-refractivity contribution is 6.74. The van der Waals surface area contributed by atoms with Crippen molar-refractivity contribution in [2.45, 2.75) is 109 Å². The average Bonchev–Trinajstić information content (AvgIpc) is 2.69. The molecule has 0 unspecified atom stereocenters. The summed E-state index contributed by atoms with van der Waals surface area (Å²) in [7, 11) is -1.84. The van der Waals surface area contributed by atoms with Crippen LogP contribution in [-0.4, -0.2) is 55.7 Å². The molecule has 0 aromatic rings. The second kappa shape index (κ2) is 6.85. The fourth-order valence-electron chi connectivity index (χ4n) is 3.67. The van der Waals surface area contributed by atoms with Gasteiger partial charge in [0.15, 0.2) is 8.32 Å². The van der Waals surface area contributed by atoms with Crippen molar-refractivity contribution < 1.29 is 14.0 Å². The van der Waals surface area contributed by atoms with E-state index in [9.17, 15) is 4.79 Å². The summed E-state index contributed by atoms with van der Waals surface area (Å²) in [5, 5.41) is 3.83. The van der Waals surface area contributed by atoms with E-state index in [4.69, 9.17) is 9.16 Å². The standard InChI is InChI=1S/C19H38N2O3Si/c1-13(24-25(8,9)19(5,6)7)16-15-11-10-14(12-20-16)21(15)17(22)23-18(2,3)4/h13-16,20H,10-12H2,1-9H3/t13-,14-,15+,16+/m0/s1. The lowest BCUT2D eigenvalue weighted by Gasteiger charge is -2.46. The number of amides is 1. The molecule has 0 aromatic heterocycles. The molecule has 6 heteroatoms. The predicted octanol–water partition coefficient (Wildman–Crippen LogP) is 4.14. The van der Waals surface area contributed by atoms with E-state index in [0.717, 1.165) is 19.4 Å². The molecule has 2 aliphatic heterocycles. The summed E-state index contributed by atoms with van der Waals surface area (Å²) in [5.41, 5.74) is -0.458. The molecule has 2 heterocycles. The van der Waals surface area contributed by atoms with E-state index in [0.29, 0.717) is 0 Å². The number of fused-ring (bicyclic) bond motifs is 2. The number of hydrogen-bond donors (Lipinski definition) is 1. The fraction of sp³-hybridized carbons (Fsp3) is 0.947. The highest BCUT2D eigenvalue weighted by atomic mass is 28.4. The van der Waals surface area contributed by atoms with Crippen LogP contribution in [-0.2, 0) is 9.16 Å². The van der Waals surface area contributed by atoms with E-state index in [1.54, 1.807) is 0 Å². The van der Waals surface area contributed by atoms with E-state index in [2.05, 4.69) is 46.1 Å². The second-order valence-electron chi connectivity index (χ2n) is 10.2. The zero-order chi connectivity index (χ0) is 19.2. The van der Waals surface area contributed by atoms with Crippen LogP contribution in [0.25, 0.3) is 0 Å². The molecule has 5 nitrogen and oxygen atoms in total. The van der Waals surface area contributed by atoms with Crippen molar-refractivity contribution >= 4 is 14.4 Å². The van der Waals surface area contributed by atoms with E-state index in [1.165, 1.54) is 0 Å². The number of ether oxygens (including phenoxy) is 1. The molecular weight excluding hydrogens is 332 g/mol. The molecule has 0 saturated carbocycles. The molecule has 2 bridgehead atoms. The molecule has 0 radical (unpaired) electrons. The molecule has 0 spiro atoms. The van der Waals surface area contributed by atoms with Crippen molar-refractivity contribution in [3.8, 4) is 0 Å². The zero-order valence-corrected chi connectivity index (χ0v) is 18.6. The molecule has 0 aromatic carbocycles. The summed E-state index contributed by atoms with van der Waals surface area (Å²) in [4.78, 5) is 14.7. The maximum absolute atomic E-state index is 12.7. The highest BCUT2D eigenvalue weighted by Crippen LogP contribution is 2.39. The molecule has 1 amide bonds. The highest BCUT2D eigenvalue weighted by Gasteiger charge is 2.49. The Balaban J connectivity index is 2.11. The molecule has 2 fully saturated rings. The van der Waals surface area contributed by atoms with Gasteiger partial charge in [0.2, 0.25) is 0 Å². The minimum atomic E-state index is -1.84. The second-order valence-corrected chi connectivity index (χ2v) is 15.0. The molecule has 0 aliphatic carbocycles.